The number of hydrogen-bond donors (Lipinski definition) is 4. The first kappa shape index (κ1) is 20.7. The minimum atomic E-state index is -0.786. The molecule has 0 bridgehead atoms. The van der Waals surface area contributed by atoms with Crippen LogP contribution in [0.1, 0.15) is 36.0 Å². The quantitative estimate of drug-likeness (QED) is 0.480. The van der Waals surface area contributed by atoms with Crippen molar-refractivity contribution in [3.8, 4) is 11.1 Å². The van der Waals surface area contributed by atoms with Gasteiger partial charge in [0.1, 0.15) is 5.82 Å². The van der Waals surface area contributed by atoms with Gasteiger partial charge in [0.15, 0.2) is 11.6 Å². The van der Waals surface area contributed by atoms with Crippen molar-refractivity contribution in [3.05, 3.63) is 60.4 Å². The zero-order valence-corrected chi connectivity index (χ0v) is 16.9. The number of carbonyl (C=O) groups excluding carboxylic acids is 1. The van der Waals surface area contributed by atoms with E-state index in [9.17, 15) is 9.18 Å². The number of hydrogen-bond acceptors (Lipinski definition) is 7. The fraction of sp³-hybridized carbons (Fsp3) is 0.273. The second-order valence-corrected chi connectivity index (χ2v) is 7.61. The summed E-state index contributed by atoms with van der Waals surface area (Å²) < 4.78 is 14.7. The van der Waals surface area contributed by atoms with Crippen LogP contribution in [0.25, 0.3) is 11.1 Å². The molecule has 4 rings (SSSR count). The lowest BCUT2D eigenvalue weighted by molar-refractivity contribution is 0.100. The summed E-state index contributed by atoms with van der Waals surface area (Å²) in [4.78, 5) is 24.6. The zero-order chi connectivity index (χ0) is 21.8. The molecule has 0 aromatic carbocycles. The summed E-state index contributed by atoms with van der Waals surface area (Å²) in [6.45, 7) is 0. The second kappa shape index (κ2) is 9.05. The van der Waals surface area contributed by atoms with E-state index in [0.717, 1.165) is 42.9 Å². The number of nitrogens with zero attached hydrogens (tertiary/aromatic N) is 3. The minimum Gasteiger partial charge on any atom is -0.365 e. The number of nitrogens with one attached hydrogen (secondary N) is 2. The Bertz CT molecular complexity index is 1080. The molecule has 160 valence electrons. The van der Waals surface area contributed by atoms with Gasteiger partial charge in [-0.3, -0.25) is 14.8 Å². The molecule has 2 atom stereocenters. The van der Waals surface area contributed by atoms with Crippen molar-refractivity contribution in [2.24, 2.45) is 11.5 Å². The molecule has 0 spiro atoms. The lowest BCUT2D eigenvalue weighted by Gasteiger charge is -2.30. The first-order valence-electron chi connectivity index (χ1n) is 10.2. The van der Waals surface area contributed by atoms with Gasteiger partial charge < -0.3 is 22.1 Å². The van der Waals surface area contributed by atoms with Crippen molar-refractivity contribution in [1.29, 1.82) is 0 Å². The van der Waals surface area contributed by atoms with E-state index in [-0.39, 0.29) is 29.3 Å². The average Bonchev–Trinajstić information content (AvgIpc) is 2.78. The van der Waals surface area contributed by atoms with Crippen molar-refractivity contribution in [1.82, 2.24) is 15.0 Å². The number of halogens is 1. The fourth-order valence-corrected chi connectivity index (χ4v) is 3.72. The zero-order valence-electron chi connectivity index (χ0n) is 16.9. The normalized spacial score (nSPS) is 18.4. The van der Waals surface area contributed by atoms with E-state index in [4.69, 9.17) is 11.5 Å². The van der Waals surface area contributed by atoms with Gasteiger partial charge in [-0.2, -0.15) is 0 Å². The molecule has 3 aromatic heterocycles. The SMILES string of the molecule is NC(=O)c1cc(F)c(N[C@@H]2CCCCC2N)nc1Nc1cncc(-c2cccnc2)c1. The van der Waals surface area contributed by atoms with E-state index in [1.807, 2.05) is 18.2 Å². The predicted molar refractivity (Wildman–Crippen MR) is 117 cm³/mol. The average molecular weight is 421 g/mol. The van der Waals surface area contributed by atoms with E-state index in [1.165, 1.54) is 0 Å². The number of primary amides is 1. The van der Waals surface area contributed by atoms with Gasteiger partial charge in [0.25, 0.3) is 5.91 Å². The van der Waals surface area contributed by atoms with Crippen LogP contribution in [-0.2, 0) is 0 Å². The summed E-state index contributed by atoms with van der Waals surface area (Å²) in [5, 5.41) is 6.15. The smallest absolute Gasteiger partial charge is 0.252 e. The van der Waals surface area contributed by atoms with E-state index < -0.39 is 11.7 Å². The highest BCUT2D eigenvalue weighted by atomic mass is 19.1. The number of rotatable bonds is 6. The number of amides is 1. The molecule has 1 saturated carbocycles. The summed E-state index contributed by atoms with van der Waals surface area (Å²) in [7, 11) is 0. The maximum absolute atomic E-state index is 14.7. The largest absolute Gasteiger partial charge is 0.365 e. The molecule has 6 N–H and O–H groups in total. The van der Waals surface area contributed by atoms with Gasteiger partial charge in [-0.15, -0.1) is 0 Å². The Hall–Kier alpha value is -3.59. The van der Waals surface area contributed by atoms with E-state index in [0.29, 0.717) is 5.69 Å². The highest BCUT2D eigenvalue weighted by Gasteiger charge is 2.24. The third kappa shape index (κ3) is 4.77. The first-order chi connectivity index (χ1) is 15.0. The van der Waals surface area contributed by atoms with Crippen molar-refractivity contribution < 1.29 is 9.18 Å². The van der Waals surface area contributed by atoms with Gasteiger partial charge in [0.05, 0.1) is 17.4 Å². The highest BCUT2D eigenvalue weighted by molar-refractivity contribution is 5.98. The Labute approximate surface area is 179 Å². The highest BCUT2D eigenvalue weighted by Crippen LogP contribution is 2.28. The Kier molecular flexibility index (Phi) is 6.03. The van der Waals surface area contributed by atoms with E-state index >= 15 is 0 Å². The third-order valence-corrected chi connectivity index (χ3v) is 5.38. The van der Waals surface area contributed by atoms with Crippen LogP contribution < -0.4 is 22.1 Å². The molecule has 31 heavy (non-hydrogen) atoms. The number of nitrogens with two attached hydrogens (primary N) is 2. The molecule has 1 fully saturated rings. The lowest BCUT2D eigenvalue weighted by atomic mass is 9.91. The van der Waals surface area contributed by atoms with E-state index in [2.05, 4.69) is 25.6 Å². The van der Waals surface area contributed by atoms with Gasteiger partial charge in [-0.05, 0) is 31.0 Å². The molecule has 9 heteroatoms. The summed E-state index contributed by atoms with van der Waals surface area (Å²) in [5.41, 5.74) is 13.9. The van der Waals surface area contributed by atoms with E-state index in [1.54, 1.807) is 24.8 Å². The maximum atomic E-state index is 14.7. The first-order valence-corrected chi connectivity index (χ1v) is 10.2. The summed E-state index contributed by atoms with van der Waals surface area (Å²) in [6, 6.07) is 6.50. The lowest BCUT2D eigenvalue weighted by Crippen LogP contribution is -2.43. The second-order valence-electron chi connectivity index (χ2n) is 7.61. The molecule has 0 saturated heterocycles. The van der Waals surface area contributed by atoms with Crippen LogP contribution in [0.4, 0.5) is 21.7 Å². The summed E-state index contributed by atoms with van der Waals surface area (Å²) in [5.74, 6) is -1.26. The predicted octanol–water partition coefficient (Wildman–Crippen LogP) is 3.20. The molecular weight excluding hydrogens is 397 g/mol. The van der Waals surface area contributed by atoms with Crippen LogP contribution in [0.15, 0.2) is 49.1 Å². The van der Waals surface area contributed by atoms with Crippen molar-refractivity contribution in [2.45, 2.75) is 37.8 Å². The molecule has 3 heterocycles. The number of carbonyl (C=O) groups is 1. The van der Waals surface area contributed by atoms with Crippen LogP contribution in [0, 0.1) is 5.82 Å². The monoisotopic (exact) mass is 421 g/mol. The minimum absolute atomic E-state index is 0.0335. The van der Waals surface area contributed by atoms with Gasteiger partial charge >= 0.3 is 0 Å². The summed E-state index contributed by atoms with van der Waals surface area (Å²) >= 11 is 0. The molecule has 1 unspecified atom stereocenters. The Balaban J connectivity index is 1.64. The van der Waals surface area contributed by atoms with Crippen molar-refractivity contribution in [3.63, 3.8) is 0 Å². The van der Waals surface area contributed by atoms with Crippen LogP contribution >= 0.6 is 0 Å². The molecule has 0 aliphatic heterocycles. The fourth-order valence-electron chi connectivity index (χ4n) is 3.72. The van der Waals surface area contributed by atoms with Crippen LogP contribution in [0.3, 0.4) is 0 Å². The van der Waals surface area contributed by atoms with Gasteiger partial charge in [0.2, 0.25) is 0 Å². The molecule has 8 nitrogen and oxygen atoms in total. The molecular formula is C22H24FN7O. The van der Waals surface area contributed by atoms with Gasteiger partial charge in [-0.1, -0.05) is 18.9 Å². The number of anilines is 3. The third-order valence-electron chi connectivity index (χ3n) is 5.38. The Morgan fingerprint density at radius 3 is 2.61 bits per heavy atom. The molecule has 0 radical (unpaired) electrons. The standard InChI is InChI=1S/C22H24FN7O/c23-17-9-16(20(25)31)21(30-22(17)29-19-6-2-1-5-18(19)24)28-15-8-14(11-27-12-15)13-4-3-7-26-10-13/h3-4,7-12,18-19H,1-2,5-6,24H2,(H2,25,31)(H2,28,29,30)/t18?,19-/m1/s1. The van der Waals surface area contributed by atoms with Crippen LogP contribution in [0.2, 0.25) is 0 Å². The van der Waals surface area contributed by atoms with Gasteiger partial charge in [0, 0.05) is 41.8 Å². The Morgan fingerprint density at radius 2 is 1.87 bits per heavy atom. The molecule has 1 aliphatic carbocycles. The van der Waals surface area contributed by atoms with Crippen molar-refractivity contribution in [2.75, 3.05) is 10.6 Å². The van der Waals surface area contributed by atoms with Crippen molar-refractivity contribution >= 4 is 23.2 Å². The number of pyridine rings is 3. The topological polar surface area (TPSA) is 132 Å². The molecule has 3 aromatic rings. The summed E-state index contributed by atoms with van der Waals surface area (Å²) in [6.07, 6.45) is 10.5. The Morgan fingerprint density at radius 1 is 1.06 bits per heavy atom. The maximum Gasteiger partial charge on any atom is 0.252 e. The van der Waals surface area contributed by atoms with Gasteiger partial charge in [-0.25, -0.2) is 9.37 Å². The van der Waals surface area contributed by atoms with Crippen LogP contribution in [-0.4, -0.2) is 32.9 Å². The number of aromatic nitrogens is 3. The molecule has 1 amide bonds. The molecule has 1 aliphatic rings. The van der Waals surface area contributed by atoms with Crippen LogP contribution in [0.5, 0.6) is 0 Å².